The van der Waals surface area contributed by atoms with Crippen LogP contribution in [0.5, 0.6) is 0 Å². The van der Waals surface area contributed by atoms with E-state index in [9.17, 15) is 4.79 Å². The van der Waals surface area contributed by atoms with Crippen LogP contribution < -0.4 is 5.32 Å². The number of hydrogen-bond acceptors (Lipinski definition) is 3. The molecule has 0 spiro atoms. The number of hydrogen-bond donors (Lipinski definition) is 1. The van der Waals surface area contributed by atoms with Gasteiger partial charge in [0.15, 0.2) is 0 Å². The van der Waals surface area contributed by atoms with Crippen molar-refractivity contribution in [1.82, 2.24) is 9.88 Å². The van der Waals surface area contributed by atoms with Gasteiger partial charge in [0.05, 0.1) is 5.56 Å². The normalized spacial score (nSPS) is 22.8. The van der Waals surface area contributed by atoms with E-state index in [0.717, 1.165) is 5.82 Å². The number of nitrogens with one attached hydrogen (secondary N) is 1. The monoisotopic (exact) mass is 247 g/mol. The summed E-state index contributed by atoms with van der Waals surface area (Å²) in [6.07, 6.45) is 5.43. The average molecular weight is 247 g/mol. The number of pyridine rings is 1. The number of nitrogens with zero attached hydrogens (tertiary/aromatic N) is 2. The maximum atomic E-state index is 11.7. The van der Waals surface area contributed by atoms with Gasteiger partial charge in [-0.2, -0.15) is 0 Å². The van der Waals surface area contributed by atoms with Crippen molar-refractivity contribution in [3.63, 3.8) is 0 Å². The predicted octanol–water partition coefficient (Wildman–Crippen LogP) is 2.38. The number of rotatable bonds is 3. The number of carbonyl (C=O) groups excluding carboxylic acids is 1. The number of amides is 1. The van der Waals surface area contributed by atoms with E-state index in [-0.39, 0.29) is 5.91 Å². The molecule has 0 bridgehead atoms. The summed E-state index contributed by atoms with van der Waals surface area (Å²) in [5, 5.41) is 3.45. The summed E-state index contributed by atoms with van der Waals surface area (Å²) >= 11 is 0. The van der Waals surface area contributed by atoms with Gasteiger partial charge in [-0.15, -0.1) is 0 Å². The molecule has 1 amide bonds. The van der Waals surface area contributed by atoms with E-state index >= 15 is 0 Å². The highest BCUT2D eigenvalue weighted by molar-refractivity contribution is 5.93. The van der Waals surface area contributed by atoms with Crippen LogP contribution in [0.4, 0.5) is 5.82 Å². The molecule has 18 heavy (non-hydrogen) atoms. The molecule has 1 aliphatic rings. The maximum Gasteiger partial charge on any atom is 0.254 e. The zero-order valence-electron chi connectivity index (χ0n) is 11.3. The zero-order chi connectivity index (χ0) is 13.1. The van der Waals surface area contributed by atoms with Crippen LogP contribution in [0, 0.1) is 5.92 Å². The highest BCUT2D eigenvalue weighted by Crippen LogP contribution is 2.27. The Bertz CT molecular complexity index is 414. The van der Waals surface area contributed by atoms with Gasteiger partial charge in [0.25, 0.3) is 5.91 Å². The van der Waals surface area contributed by atoms with Crippen LogP contribution in [0.3, 0.4) is 0 Å². The molecule has 2 rings (SSSR count). The smallest absolute Gasteiger partial charge is 0.254 e. The third-order valence-corrected chi connectivity index (χ3v) is 3.61. The molecule has 0 aromatic carbocycles. The van der Waals surface area contributed by atoms with E-state index in [2.05, 4.69) is 17.2 Å². The minimum absolute atomic E-state index is 0.0108. The summed E-state index contributed by atoms with van der Waals surface area (Å²) in [5.74, 6) is 1.56. The van der Waals surface area contributed by atoms with Crippen LogP contribution in [0.15, 0.2) is 18.3 Å². The lowest BCUT2D eigenvalue weighted by atomic mass is 10.1. The van der Waals surface area contributed by atoms with Crippen molar-refractivity contribution < 1.29 is 4.79 Å². The molecular formula is C14H21N3O. The maximum absolute atomic E-state index is 11.7. The standard InChI is InChI=1S/C14H21N3O/c1-10-5-4-6-12(10)16-13-8-7-11(9-15-13)14(18)17(2)3/h7-10,12H,4-6H2,1-3H3,(H,15,16). The molecule has 0 radical (unpaired) electrons. The predicted molar refractivity (Wildman–Crippen MR) is 72.7 cm³/mol. The minimum atomic E-state index is -0.0108. The number of aromatic nitrogens is 1. The summed E-state index contributed by atoms with van der Waals surface area (Å²) in [5.41, 5.74) is 0.630. The Balaban J connectivity index is 2.01. The van der Waals surface area contributed by atoms with Crippen LogP contribution in [0.25, 0.3) is 0 Å². The number of carbonyl (C=O) groups is 1. The van der Waals surface area contributed by atoms with E-state index in [0.29, 0.717) is 17.5 Å². The van der Waals surface area contributed by atoms with Crippen molar-refractivity contribution >= 4 is 11.7 Å². The lowest BCUT2D eigenvalue weighted by molar-refractivity contribution is 0.0827. The van der Waals surface area contributed by atoms with E-state index in [4.69, 9.17) is 0 Å². The molecule has 1 fully saturated rings. The Morgan fingerprint density at radius 3 is 2.67 bits per heavy atom. The Kier molecular flexibility index (Phi) is 3.84. The molecule has 98 valence electrons. The summed E-state index contributed by atoms with van der Waals surface area (Å²) < 4.78 is 0. The second kappa shape index (κ2) is 5.38. The van der Waals surface area contributed by atoms with Crippen molar-refractivity contribution in [2.24, 2.45) is 5.92 Å². The highest BCUT2D eigenvalue weighted by atomic mass is 16.2. The Morgan fingerprint density at radius 1 is 1.39 bits per heavy atom. The highest BCUT2D eigenvalue weighted by Gasteiger charge is 2.23. The third kappa shape index (κ3) is 2.81. The molecule has 4 heteroatoms. The Morgan fingerprint density at radius 2 is 2.17 bits per heavy atom. The fourth-order valence-corrected chi connectivity index (χ4v) is 2.41. The Labute approximate surface area is 108 Å². The van der Waals surface area contributed by atoms with E-state index in [1.165, 1.54) is 19.3 Å². The lowest BCUT2D eigenvalue weighted by Gasteiger charge is -2.18. The van der Waals surface area contributed by atoms with Crippen molar-refractivity contribution in [1.29, 1.82) is 0 Å². The Hall–Kier alpha value is -1.58. The van der Waals surface area contributed by atoms with Crippen molar-refractivity contribution in [2.75, 3.05) is 19.4 Å². The van der Waals surface area contributed by atoms with Crippen molar-refractivity contribution in [2.45, 2.75) is 32.2 Å². The van der Waals surface area contributed by atoms with Gasteiger partial charge < -0.3 is 10.2 Å². The SMILES string of the molecule is CC1CCCC1Nc1ccc(C(=O)N(C)C)cn1. The van der Waals surface area contributed by atoms with Gasteiger partial charge in [-0.25, -0.2) is 4.98 Å². The van der Waals surface area contributed by atoms with Crippen LogP contribution >= 0.6 is 0 Å². The first-order chi connectivity index (χ1) is 8.58. The van der Waals surface area contributed by atoms with E-state index < -0.39 is 0 Å². The van der Waals surface area contributed by atoms with Gasteiger partial charge in [0, 0.05) is 26.3 Å². The van der Waals surface area contributed by atoms with Gasteiger partial charge in [0.2, 0.25) is 0 Å². The molecule has 0 saturated heterocycles. The molecule has 1 N–H and O–H groups in total. The first-order valence-corrected chi connectivity index (χ1v) is 6.52. The molecule has 1 aromatic rings. The second-order valence-electron chi connectivity index (χ2n) is 5.29. The molecule has 2 unspecified atom stereocenters. The van der Waals surface area contributed by atoms with Crippen LogP contribution in [-0.4, -0.2) is 35.9 Å². The molecule has 4 nitrogen and oxygen atoms in total. The van der Waals surface area contributed by atoms with Crippen LogP contribution in [0.1, 0.15) is 36.5 Å². The van der Waals surface area contributed by atoms with Gasteiger partial charge in [0.1, 0.15) is 5.82 Å². The minimum Gasteiger partial charge on any atom is -0.367 e. The fourth-order valence-electron chi connectivity index (χ4n) is 2.41. The quantitative estimate of drug-likeness (QED) is 0.892. The molecular weight excluding hydrogens is 226 g/mol. The lowest BCUT2D eigenvalue weighted by Crippen LogP contribution is -2.23. The zero-order valence-corrected chi connectivity index (χ0v) is 11.3. The van der Waals surface area contributed by atoms with Gasteiger partial charge in [-0.3, -0.25) is 4.79 Å². The number of anilines is 1. The molecule has 1 aromatic heterocycles. The van der Waals surface area contributed by atoms with Crippen molar-refractivity contribution in [3.8, 4) is 0 Å². The fraction of sp³-hybridized carbons (Fsp3) is 0.571. The third-order valence-electron chi connectivity index (χ3n) is 3.61. The van der Waals surface area contributed by atoms with Crippen LogP contribution in [0.2, 0.25) is 0 Å². The summed E-state index contributed by atoms with van der Waals surface area (Å²) in [4.78, 5) is 17.6. The van der Waals surface area contributed by atoms with Crippen molar-refractivity contribution in [3.05, 3.63) is 23.9 Å². The van der Waals surface area contributed by atoms with Gasteiger partial charge in [-0.1, -0.05) is 13.3 Å². The van der Waals surface area contributed by atoms with Gasteiger partial charge in [-0.05, 0) is 30.9 Å². The first-order valence-electron chi connectivity index (χ1n) is 6.52. The largest absolute Gasteiger partial charge is 0.367 e. The summed E-state index contributed by atoms with van der Waals surface area (Å²) in [6.45, 7) is 2.27. The topological polar surface area (TPSA) is 45.2 Å². The first kappa shape index (κ1) is 12.9. The average Bonchev–Trinajstić information content (AvgIpc) is 2.75. The molecule has 2 atom stereocenters. The van der Waals surface area contributed by atoms with E-state index in [1.807, 2.05) is 12.1 Å². The van der Waals surface area contributed by atoms with Gasteiger partial charge >= 0.3 is 0 Å². The molecule has 0 aliphatic heterocycles. The molecule has 1 heterocycles. The molecule has 1 saturated carbocycles. The summed E-state index contributed by atoms with van der Waals surface area (Å²) in [7, 11) is 3.49. The van der Waals surface area contributed by atoms with Crippen LogP contribution in [-0.2, 0) is 0 Å². The van der Waals surface area contributed by atoms with E-state index in [1.54, 1.807) is 25.2 Å². The second-order valence-corrected chi connectivity index (χ2v) is 5.29. The summed E-state index contributed by atoms with van der Waals surface area (Å²) in [6, 6.07) is 4.24. The molecule has 1 aliphatic carbocycles.